The third-order valence-corrected chi connectivity index (χ3v) is 4.17. The van der Waals surface area contributed by atoms with Gasteiger partial charge in [0.2, 0.25) is 5.91 Å². The standard InChI is InChI=1S/C16H22BrN3O3S/c1-3-4-5-6-14(21)18-16(24)20-19-15(22)10-23-12-7-8-13(17)11(2)9-12/h7-9H,3-6,10H2,1-2H3,(H,19,22)(H2,18,20,21,24). The van der Waals surface area contributed by atoms with Gasteiger partial charge in [-0.1, -0.05) is 35.7 Å². The highest BCUT2D eigenvalue weighted by Crippen LogP contribution is 2.21. The van der Waals surface area contributed by atoms with Gasteiger partial charge in [-0.05, 0) is 49.3 Å². The molecule has 132 valence electrons. The molecule has 1 aromatic carbocycles. The highest BCUT2D eigenvalue weighted by molar-refractivity contribution is 9.10. The van der Waals surface area contributed by atoms with Crippen molar-refractivity contribution in [3.8, 4) is 5.75 Å². The van der Waals surface area contributed by atoms with Crippen LogP contribution >= 0.6 is 28.1 Å². The first-order valence-corrected chi connectivity index (χ1v) is 8.90. The summed E-state index contributed by atoms with van der Waals surface area (Å²) in [6.07, 6.45) is 3.27. The average Bonchev–Trinajstić information content (AvgIpc) is 2.54. The van der Waals surface area contributed by atoms with Crippen LogP contribution < -0.4 is 20.9 Å². The third kappa shape index (κ3) is 8.26. The van der Waals surface area contributed by atoms with Gasteiger partial charge in [0.05, 0.1) is 0 Å². The topological polar surface area (TPSA) is 79.5 Å². The molecule has 3 N–H and O–H groups in total. The minimum atomic E-state index is -0.404. The summed E-state index contributed by atoms with van der Waals surface area (Å²) in [7, 11) is 0. The fraction of sp³-hybridized carbons (Fsp3) is 0.438. The van der Waals surface area contributed by atoms with Crippen molar-refractivity contribution >= 4 is 45.1 Å². The van der Waals surface area contributed by atoms with Crippen LogP contribution in [0.15, 0.2) is 22.7 Å². The van der Waals surface area contributed by atoms with Gasteiger partial charge in [0.25, 0.3) is 5.91 Å². The lowest BCUT2D eigenvalue weighted by atomic mass is 10.2. The van der Waals surface area contributed by atoms with E-state index in [-0.39, 0.29) is 17.6 Å². The summed E-state index contributed by atoms with van der Waals surface area (Å²) in [5.74, 6) is 0.0209. The number of carbonyl (C=O) groups is 2. The van der Waals surface area contributed by atoms with Crippen molar-refractivity contribution in [1.82, 2.24) is 16.2 Å². The van der Waals surface area contributed by atoms with Crippen molar-refractivity contribution in [2.75, 3.05) is 6.61 Å². The molecule has 0 atom stereocenters. The van der Waals surface area contributed by atoms with E-state index in [0.29, 0.717) is 12.2 Å². The summed E-state index contributed by atoms with van der Waals surface area (Å²) < 4.78 is 6.35. The quantitative estimate of drug-likeness (QED) is 0.362. The lowest BCUT2D eigenvalue weighted by Gasteiger charge is -2.11. The molecule has 2 amide bonds. The van der Waals surface area contributed by atoms with Gasteiger partial charge in [0.15, 0.2) is 11.7 Å². The predicted octanol–water partition coefficient (Wildman–Crippen LogP) is 2.74. The zero-order valence-corrected chi connectivity index (χ0v) is 16.2. The highest BCUT2D eigenvalue weighted by atomic mass is 79.9. The molecule has 0 spiro atoms. The Kier molecular flexibility index (Phi) is 9.33. The molecule has 6 nitrogen and oxygen atoms in total. The first kappa shape index (κ1) is 20.4. The minimum Gasteiger partial charge on any atom is -0.484 e. The highest BCUT2D eigenvalue weighted by Gasteiger charge is 2.07. The maximum absolute atomic E-state index is 11.7. The fourth-order valence-corrected chi connectivity index (χ4v) is 2.19. The Hall–Kier alpha value is -1.67. The summed E-state index contributed by atoms with van der Waals surface area (Å²) >= 11 is 8.33. The van der Waals surface area contributed by atoms with E-state index in [2.05, 4.69) is 39.0 Å². The molecule has 0 unspecified atom stereocenters. The number of rotatable bonds is 7. The second-order valence-corrected chi connectivity index (χ2v) is 6.47. The molecule has 0 fully saturated rings. The molecule has 0 saturated carbocycles. The molecule has 0 heterocycles. The monoisotopic (exact) mass is 415 g/mol. The first-order chi connectivity index (χ1) is 11.4. The van der Waals surface area contributed by atoms with Gasteiger partial charge >= 0.3 is 0 Å². The van der Waals surface area contributed by atoms with Gasteiger partial charge in [0.1, 0.15) is 5.75 Å². The van der Waals surface area contributed by atoms with E-state index < -0.39 is 5.91 Å². The van der Waals surface area contributed by atoms with Crippen molar-refractivity contribution in [3.05, 3.63) is 28.2 Å². The molecule has 0 aromatic heterocycles. The molecule has 0 saturated heterocycles. The predicted molar refractivity (Wildman–Crippen MR) is 101 cm³/mol. The molecule has 0 aliphatic rings. The summed E-state index contributed by atoms with van der Waals surface area (Å²) in [6.45, 7) is 3.83. The summed E-state index contributed by atoms with van der Waals surface area (Å²) in [4.78, 5) is 23.3. The number of nitrogens with one attached hydrogen (secondary N) is 3. The molecular formula is C16H22BrN3O3S. The van der Waals surface area contributed by atoms with Crippen molar-refractivity contribution in [2.24, 2.45) is 0 Å². The lowest BCUT2D eigenvalue weighted by Crippen LogP contribution is -2.49. The van der Waals surface area contributed by atoms with Crippen molar-refractivity contribution in [2.45, 2.75) is 39.5 Å². The summed E-state index contributed by atoms with van der Waals surface area (Å²) in [5.41, 5.74) is 5.86. The largest absolute Gasteiger partial charge is 0.484 e. The maximum Gasteiger partial charge on any atom is 0.276 e. The normalized spacial score (nSPS) is 9.96. The molecule has 0 aliphatic carbocycles. The van der Waals surface area contributed by atoms with E-state index in [9.17, 15) is 9.59 Å². The van der Waals surface area contributed by atoms with E-state index in [0.717, 1.165) is 29.3 Å². The van der Waals surface area contributed by atoms with E-state index in [1.807, 2.05) is 19.1 Å². The van der Waals surface area contributed by atoms with Crippen LogP contribution in [0.25, 0.3) is 0 Å². The van der Waals surface area contributed by atoms with Gasteiger partial charge in [-0.15, -0.1) is 0 Å². The number of hydrogen-bond donors (Lipinski definition) is 3. The van der Waals surface area contributed by atoms with Crippen LogP contribution in [-0.4, -0.2) is 23.5 Å². The van der Waals surface area contributed by atoms with Crippen LogP contribution in [0.4, 0.5) is 0 Å². The van der Waals surface area contributed by atoms with Crippen LogP contribution in [0.1, 0.15) is 38.2 Å². The van der Waals surface area contributed by atoms with Gasteiger partial charge < -0.3 is 10.1 Å². The van der Waals surface area contributed by atoms with Crippen LogP contribution in [0, 0.1) is 6.92 Å². The lowest BCUT2D eigenvalue weighted by molar-refractivity contribution is -0.124. The minimum absolute atomic E-state index is 0.0596. The molecule has 0 aliphatic heterocycles. The third-order valence-electron chi connectivity index (χ3n) is 3.08. The zero-order chi connectivity index (χ0) is 17.9. The van der Waals surface area contributed by atoms with Gasteiger partial charge in [-0.25, -0.2) is 0 Å². The Balaban J connectivity index is 2.24. The number of amides is 2. The van der Waals surface area contributed by atoms with E-state index >= 15 is 0 Å². The molecule has 1 aromatic rings. The number of halogens is 1. The average molecular weight is 416 g/mol. The number of thiocarbonyl (C=S) groups is 1. The molecule has 0 radical (unpaired) electrons. The van der Waals surface area contributed by atoms with E-state index in [4.69, 9.17) is 17.0 Å². The van der Waals surface area contributed by atoms with Crippen LogP contribution in [-0.2, 0) is 9.59 Å². The Morgan fingerprint density at radius 1 is 1.21 bits per heavy atom. The second kappa shape index (κ2) is 11.0. The Morgan fingerprint density at radius 2 is 1.96 bits per heavy atom. The van der Waals surface area contributed by atoms with Crippen molar-refractivity contribution in [1.29, 1.82) is 0 Å². The SMILES string of the molecule is CCCCCC(=O)NC(=S)NNC(=O)COc1ccc(Br)c(C)c1. The molecule has 0 bridgehead atoms. The zero-order valence-electron chi connectivity index (χ0n) is 13.8. The number of ether oxygens (including phenoxy) is 1. The number of carbonyl (C=O) groups excluding carboxylic acids is 2. The number of aryl methyl sites for hydroxylation is 1. The number of hydrazine groups is 1. The Morgan fingerprint density at radius 3 is 2.62 bits per heavy atom. The number of benzene rings is 1. The Labute approximate surface area is 155 Å². The van der Waals surface area contributed by atoms with Crippen LogP contribution in [0.2, 0.25) is 0 Å². The fourth-order valence-electron chi connectivity index (χ4n) is 1.77. The van der Waals surface area contributed by atoms with Crippen LogP contribution in [0.5, 0.6) is 5.75 Å². The summed E-state index contributed by atoms with van der Waals surface area (Å²) in [6, 6.07) is 5.44. The Bertz CT molecular complexity index is 596. The molecule has 1 rings (SSSR count). The second-order valence-electron chi connectivity index (χ2n) is 5.21. The summed E-state index contributed by atoms with van der Waals surface area (Å²) in [5, 5.41) is 2.56. The van der Waals surface area contributed by atoms with E-state index in [1.165, 1.54) is 0 Å². The first-order valence-electron chi connectivity index (χ1n) is 7.70. The smallest absolute Gasteiger partial charge is 0.276 e. The maximum atomic E-state index is 11.7. The molecule has 8 heteroatoms. The van der Waals surface area contributed by atoms with E-state index in [1.54, 1.807) is 6.07 Å². The van der Waals surface area contributed by atoms with Crippen LogP contribution in [0.3, 0.4) is 0 Å². The van der Waals surface area contributed by atoms with Crippen molar-refractivity contribution < 1.29 is 14.3 Å². The number of unbranched alkanes of at least 4 members (excludes halogenated alkanes) is 2. The van der Waals surface area contributed by atoms with Gasteiger partial charge in [-0.2, -0.15) is 0 Å². The molecular weight excluding hydrogens is 394 g/mol. The van der Waals surface area contributed by atoms with Gasteiger partial charge in [-0.3, -0.25) is 20.4 Å². The van der Waals surface area contributed by atoms with Crippen molar-refractivity contribution in [3.63, 3.8) is 0 Å². The molecule has 24 heavy (non-hydrogen) atoms. The van der Waals surface area contributed by atoms with Gasteiger partial charge in [0, 0.05) is 10.9 Å². The number of hydrogen-bond acceptors (Lipinski definition) is 4.